The second kappa shape index (κ2) is 8.81. The Balaban J connectivity index is -0.000000980. The minimum Gasteiger partial charge on any atom is -1.00 e. The van der Waals surface area contributed by atoms with Gasteiger partial charge in [0, 0.05) is 19.6 Å². The summed E-state index contributed by atoms with van der Waals surface area (Å²) in [6, 6.07) is 0. The molecule has 0 radical (unpaired) electrons. The molecule has 0 aromatic rings. The van der Waals surface area contributed by atoms with E-state index in [1.54, 1.807) is 0 Å². The molecular formula is C6H17N2NaO5S2. The third-order valence-electron chi connectivity index (χ3n) is 1.41. The van der Waals surface area contributed by atoms with E-state index < -0.39 is 26.0 Å². The van der Waals surface area contributed by atoms with Crippen LogP contribution in [0, 0.1) is 0 Å². The molecule has 0 saturated carbocycles. The van der Waals surface area contributed by atoms with Crippen molar-refractivity contribution < 1.29 is 51.4 Å². The topological polar surface area (TPSA) is 116 Å². The zero-order valence-corrected chi connectivity index (χ0v) is 13.1. The van der Waals surface area contributed by atoms with Crippen molar-refractivity contribution in [1.82, 2.24) is 5.32 Å². The first-order chi connectivity index (χ1) is 6.83. The number of nitrogens with two attached hydrogens (primary N) is 1. The first-order valence-electron chi connectivity index (χ1n) is 4.40. The van der Waals surface area contributed by atoms with Gasteiger partial charge < -0.3 is 12.5 Å². The number of hydrogen-bond acceptors (Lipinski definition) is 7. The Labute approximate surface area is 120 Å². The van der Waals surface area contributed by atoms with Crippen molar-refractivity contribution in [2.45, 2.75) is 6.92 Å². The predicted octanol–water partition coefficient (Wildman–Crippen LogP) is -4.65. The van der Waals surface area contributed by atoms with Crippen molar-refractivity contribution in [2.24, 2.45) is 5.73 Å². The molecule has 0 aliphatic carbocycles. The number of rotatable bonds is 8. The van der Waals surface area contributed by atoms with E-state index in [0.29, 0.717) is 13.1 Å². The zero-order valence-electron chi connectivity index (χ0n) is 10.5. The summed E-state index contributed by atoms with van der Waals surface area (Å²) in [5.74, 6) is -0.769. The monoisotopic (exact) mass is 284 g/mol. The molecule has 0 fully saturated rings. The van der Waals surface area contributed by atoms with Gasteiger partial charge in [0.25, 0.3) is 20.2 Å². The van der Waals surface area contributed by atoms with Crippen LogP contribution < -0.4 is 40.6 Å². The van der Waals surface area contributed by atoms with Gasteiger partial charge in [0.05, 0.1) is 11.5 Å². The average molecular weight is 284 g/mol. The third kappa shape index (κ3) is 9.97. The van der Waals surface area contributed by atoms with Gasteiger partial charge in [-0.3, -0.25) is 0 Å². The van der Waals surface area contributed by atoms with Crippen LogP contribution in [0.3, 0.4) is 0 Å². The van der Waals surface area contributed by atoms with Gasteiger partial charge >= 0.3 is 29.6 Å². The molecule has 0 bridgehead atoms. The first kappa shape index (κ1) is 19.1. The van der Waals surface area contributed by atoms with E-state index in [4.69, 9.17) is 5.73 Å². The molecule has 94 valence electrons. The summed E-state index contributed by atoms with van der Waals surface area (Å²) in [4.78, 5) is 0. The van der Waals surface area contributed by atoms with Crippen LogP contribution in [-0.2, 0) is 23.9 Å². The summed E-state index contributed by atoms with van der Waals surface area (Å²) in [7, 11) is -7.98. The first-order valence-corrected chi connectivity index (χ1v) is 7.55. The van der Waals surface area contributed by atoms with Crippen molar-refractivity contribution >= 4 is 20.2 Å². The van der Waals surface area contributed by atoms with Crippen LogP contribution in [0.1, 0.15) is 8.35 Å². The van der Waals surface area contributed by atoms with E-state index in [2.05, 4.69) is 8.95 Å². The molecule has 3 N–H and O–H groups in total. The summed E-state index contributed by atoms with van der Waals surface area (Å²) < 4.78 is 47.9. The Morgan fingerprint density at radius 2 is 1.75 bits per heavy atom. The molecule has 7 nitrogen and oxygen atoms in total. The molecule has 10 heteroatoms. The van der Waals surface area contributed by atoms with Gasteiger partial charge in [-0.1, -0.05) is 0 Å². The molecule has 0 aliphatic rings. The predicted molar refractivity (Wildman–Crippen MR) is 57.4 cm³/mol. The number of nitrogens with one attached hydrogen (secondary N) is 1. The molecule has 16 heavy (non-hydrogen) atoms. The molecule has 0 saturated heterocycles. The van der Waals surface area contributed by atoms with Crippen molar-refractivity contribution in [1.29, 1.82) is 0 Å². The Morgan fingerprint density at radius 1 is 1.19 bits per heavy atom. The Bertz CT molecular complexity index is 372. The molecular weight excluding hydrogens is 267 g/mol. The molecule has 0 unspecified atom stereocenters. The Kier molecular flexibility index (Phi) is 10.5. The minimum atomic E-state index is -4.02. The molecule has 0 atom stereocenters. The fourth-order valence-electron chi connectivity index (χ4n) is 0.664. The van der Waals surface area contributed by atoms with Crippen LogP contribution in [0.15, 0.2) is 0 Å². The van der Waals surface area contributed by atoms with Gasteiger partial charge in [-0.25, -0.2) is 0 Å². The number of hydrogen-bond donors (Lipinski definition) is 2. The third-order valence-corrected chi connectivity index (χ3v) is 4.48. The Hall–Kier alpha value is 0.780. The van der Waals surface area contributed by atoms with E-state index in [9.17, 15) is 16.8 Å². The van der Waals surface area contributed by atoms with Crippen LogP contribution in [0.2, 0.25) is 0 Å². The van der Waals surface area contributed by atoms with Gasteiger partial charge in [-0.05, 0) is 6.92 Å². The molecule has 0 aliphatic heterocycles. The summed E-state index contributed by atoms with van der Waals surface area (Å²) in [6.07, 6.45) is 0. The van der Waals surface area contributed by atoms with E-state index in [-0.39, 0.29) is 43.3 Å². The van der Waals surface area contributed by atoms with Gasteiger partial charge in [-0.15, -0.1) is 3.63 Å². The Morgan fingerprint density at radius 3 is 2.19 bits per heavy atom. The largest absolute Gasteiger partial charge is 1.00 e. The van der Waals surface area contributed by atoms with Gasteiger partial charge in [0.15, 0.2) is 0 Å². The van der Waals surface area contributed by atoms with Crippen LogP contribution in [0.5, 0.6) is 0 Å². The van der Waals surface area contributed by atoms with Crippen LogP contribution in [-0.4, -0.2) is 48.0 Å². The van der Waals surface area contributed by atoms with Crippen molar-refractivity contribution in [2.75, 3.05) is 31.1 Å². The minimum absolute atomic E-state index is 0. The van der Waals surface area contributed by atoms with E-state index >= 15 is 0 Å². The molecule has 0 rings (SSSR count). The van der Waals surface area contributed by atoms with Crippen molar-refractivity contribution in [3.8, 4) is 0 Å². The maximum Gasteiger partial charge on any atom is 1.00 e. The quantitative estimate of drug-likeness (QED) is 0.340. The van der Waals surface area contributed by atoms with Crippen LogP contribution >= 0.6 is 0 Å². The standard InChI is InChI=1S/C6H16N2O5S2.Na.H/c1-2-14(9,10)13-15(11,12)6-5-8-4-3-7;;/h8H,2-7H2,1H3;;/q;+1;-1. The SMILES string of the molecule is CCS(=O)(=O)OS(=O)(=O)CCNCCN.[H-].[Na+]. The van der Waals surface area contributed by atoms with Crippen molar-refractivity contribution in [3.63, 3.8) is 0 Å². The maximum atomic E-state index is 11.1. The summed E-state index contributed by atoms with van der Waals surface area (Å²) in [5.41, 5.74) is 5.16. The van der Waals surface area contributed by atoms with E-state index in [1.165, 1.54) is 6.92 Å². The fraction of sp³-hybridized carbons (Fsp3) is 1.00. The molecule has 0 amide bonds. The van der Waals surface area contributed by atoms with E-state index in [1.807, 2.05) is 0 Å². The zero-order chi connectivity index (χ0) is 11.9. The second-order valence-corrected chi connectivity index (χ2v) is 6.48. The summed E-state index contributed by atoms with van der Waals surface area (Å²) >= 11 is 0. The maximum absolute atomic E-state index is 11.1. The molecule has 0 aromatic heterocycles. The second-order valence-electron chi connectivity index (χ2n) is 2.71. The van der Waals surface area contributed by atoms with Gasteiger partial charge in [0.2, 0.25) is 0 Å². The van der Waals surface area contributed by atoms with Crippen LogP contribution in [0.4, 0.5) is 0 Å². The van der Waals surface area contributed by atoms with E-state index in [0.717, 1.165) is 0 Å². The smallest absolute Gasteiger partial charge is 1.00 e. The van der Waals surface area contributed by atoms with Crippen LogP contribution in [0.25, 0.3) is 0 Å². The molecule has 0 heterocycles. The molecule has 0 aromatic carbocycles. The van der Waals surface area contributed by atoms with Crippen molar-refractivity contribution in [3.05, 3.63) is 0 Å². The molecule has 0 spiro atoms. The van der Waals surface area contributed by atoms with Gasteiger partial charge in [-0.2, -0.15) is 16.8 Å². The fourth-order valence-corrected chi connectivity index (χ4v) is 2.98. The average Bonchev–Trinajstić information content (AvgIpc) is 2.11. The van der Waals surface area contributed by atoms with Gasteiger partial charge in [0.1, 0.15) is 0 Å². The normalized spacial score (nSPS) is 12.1. The summed E-state index contributed by atoms with van der Waals surface area (Å²) in [5, 5.41) is 2.72. The summed E-state index contributed by atoms with van der Waals surface area (Å²) in [6.45, 7) is 2.26.